The van der Waals surface area contributed by atoms with Gasteiger partial charge in [0, 0.05) is 0 Å². The monoisotopic (exact) mass is 295 g/mol. The highest BCUT2D eigenvalue weighted by molar-refractivity contribution is 5.22. The first-order chi connectivity index (χ1) is 10.1. The molecule has 4 N–H and O–H groups in total. The molecule has 7 nitrogen and oxygen atoms in total. The lowest BCUT2D eigenvalue weighted by atomic mass is 9.99. The van der Waals surface area contributed by atoms with Crippen LogP contribution in [0.5, 0.6) is 0 Å². The van der Waals surface area contributed by atoms with E-state index in [0.29, 0.717) is 5.56 Å². The maximum absolute atomic E-state index is 9.86. The van der Waals surface area contributed by atoms with Crippen molar-refractivity contribution in [2.24, 2.45) is 0 Å². The molecule has 0 saturated carbocycles. The first-order valence-corrected chi connectivity index (χ1v) is 6.49. The molecule has 0 aliphatic carbocycles. The summed E-state index contributed by atoms with van der Waals surface area (Å²) in [6.07, 6.45) is -7.91. The summed E-state index contributed by atoms with van der Waals surface area (Å²) in [6.45, 7) is -0.548. The zero-order valence-electron chi connectivity index (χ0n) is 11.1. The number of hydrogen-bond acceptors (Lipinski definition) is 7. The second-order valence-corrected chi connectivity index (χ2v) is 4.75. The van der Waals surface area contributed by atoms with Crippen LogP contribution < -0.4 is 0 Å². The Morgan fingerprint density at radius 2 is 1.81 bits per heavy atom. The highest BCUT2D eigenvalue weighted by Crippen LogP contribution is 2.27. The van der Waals surface area contributed by atoms with Crippen LogP contribution in [-0.4, -0.2) is 57.7 Å². The Kier molecular flexibility index (Phi) is 5.25. The van der Waals surface area contributed by atoms with Gasteiger partial charge in [-0.25, -0.2) is 0 Å². The van der Waals surface area contributed by atoms with Gasteiger partial charge in [-0.1, -0.05) is 30.3 Å². The summed E-state index contributed by atoms with van der Waals surface area (Å²) in [5.41, 5.74) is 0.567. The van der Waals surface area contributed by atoms with E-state index in [9.17, 15) is 15.3 Å². The van der Waals surface area contributed by atoms with E-state index in [0.717, 1.165) is 0 Å². The van der Waals surface area contributed by atoms with Crippen molar-refractivity contribution < 1.29 is 29.9 Å². The number of aliphatic hydroxyl groups is 4. The van der Waals surface area contributed by atoms with Gasteiger partial charge >= 0.3 is 0 Å². The predicted octanol–water partition coefficient (Wildman–Crippen LogP) is -0.932. The van der Waals surface area contributed by atoms with Crippen LogP contribution in [0.1, 0.15) is 11.7 Å². The largest absolute Gasteiger partial charge is 0.394 e. The van der Waals surface area contributed by atoms with Crippen LogP contribution in [0.25, 0.3) is 0 Å². The second kappa shape index (κ2) is 6.95. The van der Waals surface area contributed by atoms with Crippen molar-refractivity contribution in [2.45, 2.75) is 36.8 Å². The number of ether oxygens (including phenoxy) is 2. The van der Waals surface area contributed by atoms with Crippen molar-refractivity contribution in [1.82, 2.24) is 0 Å². The average molecular weight is 295 g/mol. The van der Waals surface area contributed by atoms with Crippen LogP contribution in [0.2, 0.25) is 0 Å². The first-order valence-electron chi connectivity index (χ1n) is 6.49. The first kappa shape index (κ1) is 15.9. The summed E-state index contributed by atoms with van der Waals surface area (Å²) in [7, 11) is 0. The highest BCUT2D eigenvalue weighted by Gasteiger charge is 2.44. The van der Waals surface area contributed by atoms with E-state index in [2.05, 4.69) is 0 Å². The van der Waals surface area contributed by atoms with Crippen molar-refractivity contribution in [2.75, 3.05) is 6.61 Å². The summed E-state index contributed by atoms with van der Waals surface area (Å²) in [6, 6.07) is 10.5. The van der Waals surface area contributed by atoms with Crippen LogP contribution in [0.15, 0.2) is 30.3 Å². The summed E-state index contributed by atoms with van der Waals surface area (Å²) in [5, 5.41) is 47.5. The van der Waals surface area contributed by atoms with E-state index in [1.54, 1.807) is 30.3 Å². The summed E-state index contributed by atoms with van der Waals surface area (Å²) in [4.78, 5) is 0. The van der Waals surface area contributed by atoms with Crippen LogP contribution in [-0.2, 0) is 9.47 Å². The van der Waals surface area contributed by atoms with E-state index in [-0.39, 0.29) is 0 Å². The minimum Gasteiger partial charge on any atom is -0.394 e. The number of nitriles is 1. The molecular weight excluding hydrogens is 278 g/mol. The number of nitrogens with zero attached hydrogens (tertiary/aromatic N) is 1. The van der Waals surface area contributed by atoms with Gasteiger partial charge in [0.2, 0.25) is 0 Å². The van der Waals surface area contributed by atoms with E-state index in [1.807, 2.05) is 6.07 Å². The summed E-state index contributed by atoms with van der Waals surface area (Å²) >= 11 is 0. The molecule has 0 amide bonds. The fraction of sp³-hybridized carbons (Fsp3) is 0.500. The molecule has 0 bridgehead atoms. The normalized spacial score (nSPS) is 34.1. The molecule has 21 heavy (non-hydrogen) atoms. The Hall–Kier alpha value is -1.53. The molecule has 6 atom stereocenters. The highest BCUT2D eigenvalue weighted by atomic mass is 16.7. The summed E-state index contributed by atoms with van der Waals surface area (Å²) < 4.78 is 10.6. The molecule has 7 heteroatoms. The minimum absolute atomic E-state index is 0.548. The average Bonchev–Trinajstić information content (AvgIpc) is 2.53. The van der Waals surface area contributed by atoms with Crippen molar-refractivity contribution in [3.8, 4) is 6.07 Å². The molecule has 114 valence electrons. The van der Waals surface area contributed by atoms with E-state index in [1.165, 1.54) is 0 Å². The van der Waals surface area contributed by atoms with E-state index in [4.69, 9.17) is 19.8 Å². The molecule has 1 aliphatic heterocycles. The maximum atomic E-state index is 9.86. The lowest BCUT2D eigenvalue weighted by Crippen LogP contribution is -2.59. The van der Waals surface area contributed by atoms with Crippen molar-refractivity contribution in [3.05, 3.63) is 35.9 Å². The molecule has 0 aromatic heterocycles. The quantitative estimate of drug-likeness (QED) is 0.565. The molecule has 1 aromatic carbocycles. The zero-order valence-corrected chi connectivity index (χ0v) is 11.1. The molecular formula is C14H17NO6. The third-order valence-corrected chi connectivity index (χ3v) is 3.34. The van der Waals surface area contributed by atoms with Crippen molar-refractivity contribution in [1.29, 1.82) is 5.26 Å². The SMILES string of the molecule is N#CC(O[C@@H]1O[C@H](CO)[C@@H](O)[C@@H](O)[C@@H]1O)c1ccccc1. The van der Waals surface area contributed by atoms with Crippen molar-refractivity contribution >= 4 is 0 Å². The summed E-state index contributed by atoms with van der Waals surface area (Å²) in [5.74, 6) is 0. The van der Waals surface area contributed by atoms with Gasteiger partial charge in [-0.2, -0.15) is 5.26 Å². The maximum Gasteiger partial charge on any atom is 0.188 e. The molecule has 0 spiro atoms. The molecule has 1 fully saturated rings. The fourth-order valence-electron chi connectivity index (χ4n) is 2.13. The minimum atomic E-state index is -1.53. The Bertz CT molecular complexity index is 488. The Morgan fingerprint density at radius 1 is 1.14 bits per heavy atom. The number of benzene rings is 1. The van der Waals surface area contributed by atoms with Gasteiger partial charge in [0.05, 0.1) is 12.7 Å². The molecule has 1 unspecified atom stereocenters. The number of hydrogen-bond donors (Lipinski definition) is 4. The standard InChI is InChI=1S/C14H17NO6/c15-6-9(8-4-2-1-3-5-8)20-14-13(19)12(18)11(17)10(7-16)21-14/h1-5,9-14,16-19H,7H2/t9?,10-,11-,12-,13+,14-/m1/s1. The predicted molar refractivity (Wildman–Crippen MR) is 69.6 cm³/mol. The van der Waals surface area contributed by atoms with E-state index >= 15 is 0 Å². The van der Waals surface area contributed by atoms with Gasteiger partial charge in [-0.05, 0) is 5.56 Å². The van der Waals surface area contributed by atoms with Crippen LogP contribution in [0.4, 0.5) is 0 Å². The van der Waals surface area contributed by atoms with Gasteiger partial charge in [0.25, 0.3) is 0 Å². The Balaban J connectivity index is 2.12. The zero-order chi connectivity index (χ0) is 15.4. The number of aliphatic hydroxyl groups excluding tert-OH is 4. The smallest absolute Gasteiger partial charge is 0.188 e. The van der Waals surface area contributed by atoms with Crippen molar-refractivity contribution in [3.63, 3.8) is 0 Å². The third kappa shape index (κ3) is 3.39. The van der Waals surface area contributed by atoms with Crippen LogP contribution in [0.3, 0.4) is 0 Å². The third-order valence-electron chi connectivity index (χ3n) is 3.34. The molecule has 2 rings (SSSR count). The Morgan fingerprint density at radius 3 is 2.38 bits per heavy atom. The molecule has 1 saturated heterocycles. The van der Waals surface area contributed by atoms with Gasteiger partial charge in [0.15, 0.2) is 12.4 Å². The van der Waals surface area contributed by atoms with Gasteiger partial charge in [0.1, 0.15) is 24.4 Å². The van der Waals surface area contributed by atoms with Crippen LogP contribution >= 0.6 is 0 Å². The van der Waals surface area contributed by atoms with Gasteiger partial charge in [-0.3, -0.25) is 0 Å². The van der Waals surface area contributed by atoms with Gasteiger partial charge in [-0.15, -0.1) is 0 Å². The number of rotatable bonds is 4. The molecule has 0 radical (unpaired) electrons. The topological polar surface area (TPSA) is 123 Å². The lowest BCUT2D eigenvalue weighted by Gasteiger charge is -2.40. The Labute approximate surface area is 121 Å². The molecule has 1 aromatic rings. The molecule has 1 heterocycles. The lowest BCUT2D eigenvalue weighted by molar-refractivity contribution is -0.307. The molecule has 1 aliphatic rings. The fourth-order valence-corrected chi connectivity index (χ4v) is 2.13. The second-order valence-electron chi connectivity index (χ2n) is 4.75. The van der Waals surface area contributed by atoms with Crippen LogP contribution in [0, 0.1) is 11.3 Å². The van der Waals surface area contributed by atoms with E-state index < -0.39 is 43.4 Å². The van der Waals surface area contributed by atoms with Gasteiger partial charge < -0.3 is 29.9 Å².